The number of rotatable bonds is 10. The van der Waals surface area contributed by atoms with E-state index in [1.807, 2.05) is 0 Å². The zero-order chi connectivity index (χ0) is 25.7. The fourth-order valence-corrected chi connectivity index (χ4v) is 5.81. The van der Waals surface area contributed by atoms with Crippen LogP contribution in [0.15, 0.2) is 59.6 Å². The minimum absolute atomic E-state index is 0.197. The Bertz CT molecular complexity index is 1330. The van der Waals surface area contributed by atoms with E-state index >= 15 is 0 Å². The van der Waals surface area contributed by atoms with Gasteiger partial charge in [-0.05, 0) is 54.7 Å². The van der Waals surface area contributed by atoms with Crippen LogP contribution in [0.5, 0.6) is 10.8 Å². The molecular formula is C26H29N3O5S2. The number of hydrogen-bond acceptors (Lipinski definition) is 7. The van der Waals surface area contributed by atoms with Crippen molar-refractivity contribution in [3.05, 3.63) is 65.9 Å². The number of hydrogen-bond donors (Lipinski definition) is 2. The third kappa shape index (κ3) is 6.70. The number of amides is 2. The number of benzene rings is 2. The zero-order valence-corrected chi connectivity index (χ0v) is 21.6. The lowest BCUT2D eigenvalue weighted by molar-refractivity contribution is -0.117. The molecule has 1 heterocycles. The second kappa shape index (κ2) is 11.2. The van der Waals surface area contributed by atoms with Crippen LogP contribution in [0.1, 0.15) is 60.4 Å². The quantitative estimate of drug-likeness (QED) is 0.376. The second-order valence-corrected chi connectivity index (χ2v) is 12.1. The molecule has 1 fully saturated rings. The fourth-order valence-electron chi connectivity index (χ4n) is 4.48. The third-order valence-electron chi connectivity index (χ3n) is 6.42. The molecule has 10 heteroatoms. The van der Waals surface area contributed by atoms with Gasteiger partial charge < -0.3 is 15.8 Å². The topological polar surface area (TPSA) is 128 Å². The summed E-state index contributed by atoms with van der Waals surface area (Å²) in [6.07, 6.45) is 9.11. The molecule has 1 aliphatic rings. The molecule has 2 aromatic carbocycles. The van der Waals surface area contributed by atoms with Crippen molar-refractivity contribution in [1.29, 1.82) is 0 Å². The molecule has 4 rings (SSSR count). The number of anilines is 1. The van der Waals surface area contributed by atoms with E-state index in [2.05, 4.69) is 10.3 Å². The molecule has 1 aliphatic carbocycles. The molecule has 3 aromatic rings. The van der Waals surface area contributed by atoms with E-state index < -0.39 is 21.7 Å². The molecule has 0 radical (unpaired) electrons. The molecular weight excluding hydrogens is 498 g/mol. The van der Waals surface area contributed by atoms with Crippen LogP contribution in [-0.4, -0.2) is 31.5 Å². The zero-order valence-electron chi connectivity index (χ0n) is 20.0. The first-order valence-electron chi connectivity index (χ1n) is 11.8. The van der Waals surface area contributed by atoms with Crippen LogP contribution < -0.4 is 15.8 Å². The number of nitrogens with two attached hydrogens (primary N) is 1. The summed E-state index contributed by atoms with van der Waals surface area (Å²) < 4.78 is 29.5. The van der Waals surface area contributed by atoms with Crippen molar-refractivity contribution in [2.24, 2.45) is 11.7 Å². The molecule has 0 spiro atoms. The van der Waals surface area contributed by atoms with E-state index in [0.29, 0.717) is 33.8 Å². The maximum Gasteiger partial charge on any atom is 0.248 e. The number of carbonyl (C=O) groups excluding carboxylic acids is 2. The highest BCUT2D eigenvalue weighted by molar-refractivity contribution is 7.90. The monoisotopic (exact) mass is 527 g/mol. The number of primary amides is 1. The van der Waals surface area contributed by atoms with Gasteiger partial charge in [0.15, 0.2) is 15.0 Å². The second-order valence-electron chi connectivity index (χ2n) is 9.09. The van der Waals surface area contributed by atoms with Crippen molar-refractivity contribution in [1.82, 2.24) is 4.98 Å². The summed E-state index contributed by atoms with van der Waals surface area (Å²) in [7, 11) is -3.32. The van der Waals surface area contributed by atoms with Crippen molar-refractivity contribution in [2.45, 2.75) is 49.3 Å². The average Bonchev–Trinajstić information content (AvgIpc) is 3.51. The SMILES string of the molecule is CS(=O)(=O)c1ccc([C@@H](CCC2CCCC2)C(=O)Nc2ncc(Oc3cccc(C(N)=O)c3)s2)cc1. The largest absolute Gasteiger partial charge is 0.445 e. The molecule has 1 aromatic heterocycles. The molecule has 8 nitrogen and oxygen atoms in total. The lowest BCUT2D eigenvalue weighted by Gasteiger charge is -2.19. The standard InChI is InChI=1S/C26H29N3O5S2/c1-36(32,33)21-12-10-18(11-13-21)22(14-9-17-5-2-3-6-17)25(31)29-26-28-16-23(35-26)34-20-8-4-7-19(15-20)24(27)30/h4,7-8,10-13,15-17,22H,2-3,5-6,9,14H2,1H3,(H2,27,30)(H,28,29,31)/t22-/m1/s1. The maximum atomic E-state index is 13.3. The van der Waals surface area contributed by atoms with E-state index in [0.717, 1.165) is 12.0 Å². The maximum absolute atomic E-state index is 13.3. The van der Waals surface area contributed by atoms with Gasteiger partial charge in [-0.1, -0.05) is 55.2 Å². The Morgan fingerprint density at radius 3 is 2.56 bits per heavy atom. The van der Waals surface area contributed by atoms with Gasteiger partial charge in [-0.2, -0.15) is 0 Å². The van der Waals surface area contributed by atoms with Crippen LogP contribution in [0, 0.1) is 5.92 Å². The van der Waals surface area contributed by atoms with E-state index in [-0.39, 0.29) is 10.8 Å². The molecule has 1 saturated carbocycles. The van der Waals surface area contributed by atoms with Crippen molar-refractivity contribution in [3.63, 3.8) is 0 Å². The summed E-state index contributed by atoms with van der Waals surface area (Å²) in [5, 5.41) is 3.73. The number of nitrogens with zero attached hydrogens (tertiary/aromatic N) is 1. The predicted molar refractivity (Wildman–Crippen MR) is 139 cm³/mol. The lowest BCUT2D eigenvalue weighted by atomic mass is 9.89. The summed E-state index contributed by atoms with van der Waals surface area (Å²) in [5.41, 5.74) is 6.43. The number of thiazole rings is 1. The molecule has 0 bridgehead atoms. The first-order chi connectivity index (χ1) is 17.2. The van der Waals surface area contributed by atoms with Gasteiger partial charge in [-0.15, -0.1) is 0 Å². The van der Waals surface area contributed by atoms with Gasteiger partial charge in [-0.25, -0.2) is 13.4 Å². The van der Waals surface area contributed by atoms with Crippen LogP contribution >= 0.6 is 11.3 Å². The van der Waals surface area contributed by atoms with E-state index in [9.17, 15) is 18.0 Å². The number of sulfone groups is 1. The van der Waals surface area contributed by atoms with E-state index in [4.69, 9.17) is 10.5 Å². The molecule has 190 valence electrons. The molecule has 2 amide bonds. The van der Waals surface area contributed by atoms with Crippen LogP contribution in [0.2, 0.25) is 0 Å². The van der Waals surface area contributed by atoms with Gasteiger partial charge in [0.05, 0.1) is 17.0 Å². The van der Waals surface area contributed by atoms with Gasteiger partial charge in [0.2, 0.25) is 16.9 Å². The van der Waals surface area contributed by atoms with E-state index in [1.165, 1.54) is 49.5 Å². The Labute approximate surface area is 214 Å². The molecule has 0 saturated heterocycles. The Morgan fingerprint density at radius 1 is 1.17 bits per heavy atom. The number of nitrogens with one attached hydrogen (secondary N) is 1. The fraction of sp³-hybridized carbons (Fsp3) is 0.346. The average molecular weight is 528 g/mol. The molecule has 36 heavy (non-hydrogen) atoms. The highest BCUT2D eigenvalue weighted by Gasteiger charge is 2.25. The smallest absolute Gasteiger partial charge is 0.248 e. The number of ether oxygens (including phenoxy) is 1. The van der Waals surface area contributed by atoms with Crippen LogP contribution in [0.4, 0.5) is 5.13 Å². The number of carbonyl (C=O) groups is 2. The van der Waals surface area contributed by atoms with Crippen LogP contribution in [0.3, 0.4) is 0 Å². The Morgan fingerprint density at radius 2 is 1.89 bits per heavy atom. The van der Waals surface area contributed by atoms with E-state index in [1.54, 1.807) is 48.5 Å². The summed E-state index contributed by atoms with van der Waals surface area (Å²) in [4.78, 5) is 29.2. The van der Waals surface area contributed by atoms with Crippen molar-refractivity contribution in [3.8, 4) is 10.8 Å². The third-order valence-corrected chi connectivity index (χ3v) is 8.34. The van der Waals surface area contributed by atoms with Gasteiger partial charge in [0.1, 0.15) is 5.75 Å². The first-order valence-corrected chi connectivity index (χ1v) is 14.5. The highest BCUT2D eigenvalue weighted by Crippen LogP contribution is 2.35. The lowest BCUT2D eigenvalue weighted by Crippen LogP contribution is -2.22. The minimum Gasteiger partial charge on any atom is -0.445 e. The van der Waals surface area contributed by atoms with Gasteiger partial charge >= 0.3 is 0 Å². The Kier molecular flexibility index (Phi) is 8.05. The molecule has 0 aliphatic heterocycles. The Hall–Kier alpha value is -3.24. The Balaban J connectivity index is 1.47. The first kappa shape index (κ1) is 25.8. The van der Waals surface area contributed by atoms with Crippen molar-refractivity contribution in [2.75, 3.05) is 11.6 Å². The van der Waals surface area contributed by atoms with Crippen LogP contribution in [0.25, 0.3) is 0 Å². The van der Waals surface area contributed by atoms with Crippen LogP contribution in [-0.2, 0) is 14.6 Å². The molecule has 1 atom stereocenters. The predicted octanol–water partition coefficient (Wildman–Crippen LogP) is 5.13. The van der Waals surface area contributed by atoms with Crippen molar-refractivity contribution >= 4 is 38.1 Å². The summed E-state index contributed by atoms with van der Waals surface area (Å²) in [6.45, 7) is 0. The summed E-state index contributed by atoms with van der Waals surface area (Å²) in [6, 6.07) is 13.1. The minimum atomic E-state index is -3.32. The summed E-state index contributed by atoms with van der Waals surface area (Å²) >= 11 is 1.17. The number of aromatic nitrogens is 1. The molecule has 0 unspecified atom stereocenters. The van der Waals surface area contributed by atoms with Gasteiger partial charge in [-0.3, -0.25) is 9.59 Å². The van der Waals surface area contributed by atoms with Gasteiger partial charge in [0.25, 0.3) is 0 Å². The van der Waals surface area contributed by atoms with Crippen molar-refractivity contribution < 1.29 is 22.7 Å². The molecule has 3 N–H and O–H groups in total. The summed E-state index contributed by atoms with van der Waals surface area (Å²) in [5.74, 6) is -0.123. The van der Waals surface area contributed by atoms with Gasteiger partial charge in [0, 0.05) is 11.8 Å². The highest BCUT2D eigenvalue weighted by atomic mass is 32.2. The normalized spacial score (nSPS) is 14.9.